The molecule has 0 atom stereocenters. The van der Waals surface area contributed by atoms with Gasteiger partial charge in [0.25, 0.3) is 0 Å². The highest BCUT2D eigenvalue weighted by atomic mass is 16.2. The van der Waals surface area contributed by atoms with Crippen molar-refractivity contribution < 1.29 is 5.11 Å². The Balaban J connectivity index is 4.55. The minimum atomic E-state index is 0.150. The molecule has 25 heavy (non-hydrogen) atoms. The topological polar surface area (TPSA) is 20.2 Å². The summed E-state index contributed by atoms with van der Waals surface area (Å²) in [6.07, 6.45) is 19.1. The lowest BCUT2D eigenvalue weighted by Crippen LogP contribution is -1.86. The molecule has 0 aliphatic carbocycles. The van der Waals surface area contributed by atoms with Gasteiger partial charge in [0, 0.05) is 0 Å². The number of hydrogen-bond acceptors (Lipinski definition) is 1. The van der Waals surface area contributed by atoms with Gasteiger partial charge in [-0.2, -0.15) is 0 Å². The predicted molar refractivity (Wildman–Crippen MR) is 114 cm³/mol. The molecule has 142 valence electrons. The quantitative estimate of drug-likeness (QED) is 0.364. The van der Waals surface area contributed by atoms with Crippen LogP contribution in [-0.4, -0.2) is 11.7 Å². The van der Waals surface area contributed by atoms with E-state index >= 15 is 0 Å². The molecule has 0 amide bonds. The second kappa shape index (κ2) is 15.0. The minimum Gasteiger partial charge on any atom is -0.392 e. The number of aliphatic hydroxyl groups is 1. The van der Waals surface area contributed by atoms with Crippen LogP contribution < -0.4 is 0 Å². The van der Waals surface area contributed by atoms with E-state index in [-0.39, 0.29) is 6.61 Å². The molecule has 1 N–H and O–H groups in total. The first-order chi connectivity index (χ1) is 11.8. The molecule has 0 bridgehead atoms. The summed E-state index contributed by atoms with van der Waals surface area (Å²) < 4.78 is 0. The first-order valence-corrected chi connectivity index (χ1v) is 9.72. The van der Waals surface area contributed by atoms with Gasteiger partial charge in [0.2, 0.25) is 0 Å². The highest BCUT2D eigenvalue weighted by Crippen LogP contribution is 2.17. The molecule has 1 nitrogen and oxygen atoms in total. The predicted octanol–water partition coefficient (Wildman–Crippen LogP) is 7.46. The van der Waals surface area contributed by atoms with Crippen molar-refractivity contribution in [1.29, 1.82) is 0 Å². The van der Waals surface area contributed by atoms with E-state index in [1.54, 1.807) is 0 Å². The molecule has 0 saturated heterocycles. The van der Waals surface area contributed by atoms with Gasteiger partial charge in [0.1, 0.15) is 0 Å². The molecule has 0 radical (unpaired) electrons. The molecule has 0 aromatic rings. The Bertz CT molecular complexity index is 504. The average molecular weight is 345 g/mol. The van der Waals surface area contributed by atoms with Gasteiger partial charge in [-0.1, -0.05) is 58.2 Å². The second-order valence-corrected chi connectivity index (χ2v) is 7.53. The van der Waals surface area contributed by atoms with E-state index in [9.17, 15) is 0 Å². The fourth-order valence-corrected chi connectivity index (χ4v) is 2.58. The van der Waals surface area contributed by atoms with Crippen molar-refractivity contribution in [2.45, 2.75) is 86.5 Å². The molecule has 1 heteroatoms. The van der Waals surface area contributed by atoms with Gasteiger partial charge in [0.15, 0.2) is 0 Å². The van der Waals surface area contributed by atoms with Gasteiger partial charge in [-0.3, -0.25) is 0 Å². The third kappa shape index (κ3) is 15.9. The van der Waals surface area contributed by atoms with Gasteiger partial charge in [-0.25, -0.2) is 0 Å². The average Bonchev–Trinajstić information content (AvgIpc) is 2.51. The molecular formula is C24H40O. The van der Waals surface area contributed by atoms with Crippen molar-refractivity contribution >= 4 is 0 Å². The van der Waals surface area contributed by atoms with E-state index in [4.69, 9.17) is 5.11 Å². The lowest BCUT2D eigenvalue weighted by Gasteiger charge is -2.06. The van der Waals surface area contributed by atoms with Crippen LogP contribution in [0.1, 0.15) is 86.5 Å². The van der Waals surface area contributed by atoms with Crippen LogP contribution in [0.3, 0.4) is 0 Å². The standard InChI is InChI=1S/C24H40O/c1-20(2)10-7-11-22(5)12-8-14-24(17-16-21(3)4)15-9-13-23(6)18-19-25/h10,12,15-16,18,25H,7-9,11,13-14,17,19H2,1-6H3/b22-12+,23-18+,24-15-. The van der Waals surface area contributed by atoms with E-state index < -0.39 is 0 Å². The summed E-state index contributed by atoms with van der Waals surface area (Å²) in [5, 5.41) is 8.94. The second-order valence-electron chi connectivity index (χ2n) is 7.53. The summed E-state index contributed by atoms with van der Waals surface area (Å²) in [5.41, 5.74) is 7.10. The Morgan fingerprint density at radius 3 is 1.68 bits per heavy atom. The first kappa shape index (κ1) is 23.7. The Hall–Kier alpha value is -1.34. The van der Waals surface area contributed by atoms with Crippen molar-refractivity contribution in [1.82, 2.24) is 0 Å². The van der Waals surface area contributed by atoms with E-state index in [2.05, 4.69) is 65.8 Å². The molecule has 0 saturated carbocycles. The zero-order chi connectivity index (χ0) is 19.1. The summed E-state index contributed by atoms with van der Waals surface area (Å²) in [4.78, 5) is 0. The van der Waals surface area contributed by atoms with E-state index in [1.807, 2.05) is 6.08 Å². The largest absolute Gasteiger partial charge is 0.392 e. The highest BCUT2D eigenvalue weighted by molar-refractivity contribution is 5.13. The van der Waals surface area contributed by atoms with Gasteiger partial charge in [0.05, 0.1) is 6.61 Å². The van der Waals surface area contributed by atoms with E-state index in [0.29, 0.717) is 0 Å². The van der Waals surface area contributed by atoms with Gasteiger partial charge >= 0.3 is 0 Å². The number of allylic oxidation sites excluding steroid dienone is 9. The summed E-state index contributed by atoms with van der Waals surface area (Å²) in [6, 6.07) is 0. The Kier molecular flexibility index (Phi) is 14.2. The molecule has 0 fully saturated rings. The summed E-state index contributed by atoms with van der Waals surface area (Å²) >= 11 is 0. The Morgan fingerprint density at radius 1 is 0.600 bits per heavy atom. The molecule has 0 heterocycles. The van der Waals surface area contributed by atoms with Gasteiger partial charge < -0.3 is 5.11 Å². The minimum absolute atomic E-state index is 0.150. The third-order valence-corrected chi connectivity index (χ3v) is 4.23. The van der Waals surface area contributed by atoms with Crippen LogP contribution in [0, 0.1) is 0 Å². The third-order valence-electron chi connectivity index (χ3n) is 4.23. The summed E-state index contributed by atoms with van der Waals surface area (Å²) in [7, 11) is 0. The Labute approximate surface area is 156 Å². The van der Waals surface area contributed by atoms with Crippen molar-refractivity contribution in [3.05, 3.63) is 58.2 Å². The molecule has 0 rings (SSSR count). The van der Waals surface area contributed by atoms with Crippen LogP contribution in [0.2, 0.25) is 0 Å². The SMILES string of the molecule is CC(C)=CCC/C(C)=C/CC/C(=C/CC/C(C)=C/CO)CC=C(C)C. The number of rotatable bonds is 12. The molecule has 0 aliphatic heterocycles. The van der Waals surface area contributed by atoms with Gasteiger partial charge in [-0.15, -0.1) is 0 Å². The van der Waals surface area contributed by atoms with Crippen LogP contribution >= 0.6 is 0 Å². The molecule has 0 aliphatic rings. The maximum atomic E-state index is 8.94. The van der Waals surface area contributed by atoms with Gasteiger partial charge in [-0.05, 0) is 86.5 Å². The molecule has 0 aromatic carbocycles. The van der Waals surface area contributed by atoms with Crippen molar-refractivity contribution in [3.8, 4) is 0 Å². The lowest BCUT2D eigenvalue weighted by atomic mass is 10.0. The fourth-order valence-electron chi connectivity index (χ4n) is 2.58. The van der Waals surface area contributed by atoms with E-state index in [1.165, 1.54) is 34.3 Å². The fraction of sp³-hybridized carbons (Fsp3) is 0.583. The van der Waals surface area contributed by atoms with Crippen molar-refractivity contribution in [2.24, 2.45) is 0 Å². The number of hydrogen-bond donors (Lipinski definition) is 1. The summed E-state index contributed by atoms with van der Waals surface area (Å²) in [5.74, 6) is 0. The normalized spacial score (nSPS) is 13.0. The van der Waals surface area contributed by atoms with Crippen LogP contribution in [0.25, 0.3) is 0 Å². The monoisotopic (exact) mass is 344 g/mol. The molecule has 0 aromatic heterocycles. The molecule has 0 spiro atoms. The van der Waals surface area contributed by atoms with Crippen molar-refractivity contribution in [2.75, 3.05) is 6.61 Å². The van der Waals surface area contributed by atoms with Crippen LogP contribution in [0.15, 0.2) is 58.2 Å². The maximum absolute atomic E-state index is 8.94. The summed E-state index contributed by atoms with van der Waals surface area (Å²) in [6.45, 7) is 13.2. The van der Waals surface area contributed by atoms with Crippen LogP contribution in [0.4, 0.5) is 0 Å². The molecular weight excluding hydrogens is 304 g/mol. The highest BCUT2D eigenvalue weighted by Gasteiger charge is 1.97. The zero-order valence-electron chi connectivity index (χ0n) is 17.5. The first-order valence-electron chi connectivity index (χ1n) is 9.72. The maximum Gasteiger partial charge on any atom is 0.0614 e. The smallest absolute Gasteiger partial charge is 0.0614 e. The molecule has 0 unspecified atom stereocenters. The van der Waals surface area contributed by atoms with Crippen molar-refractivity contribution in [3.63, 3.8) is 0 Å². The lowest BCUT2D eigenvalue weighted by molar-refractivity contribution is 0.341. The van der Waals surface area contributed by atoms with Crippen LogP contribution in [0.5, 0.6) is 0 Å². The van der Waals surface area contributed by atoms with Crippen LogP contribution in [-0.2, 0) is 0 Å². The zero-order valence-corrected chi connectivity index (χ0v) is 17.5. The van der Waals surface area contributed by atoms with E-state index in [0.717, 1.165) is 38.5 Å². The Morgan fingerprint density at radius 2 is 1.12 bits per heavy atom. The number of aliphatic hydroxyl groups excluding tert-OH is 1.